The fourth-order valence-corrected chi connectivity index (χ4v) is 3.26. The van der Waals surface area contributed by atoms with Crippen LogP contribution in [0.4, 0.5) is 0 Å². The molecular weight excluding hydrogens is 254 g/mol. The topological polar surface area (TPSA) is 30.7 Å². The van der Waals surface area contributed by atoms with Gasteiger partial charge in [0.2, 0.25) is 0 Å². The van der Waals surface area contributed by atoms with Gasteiger partial charge in [0.1, 0.15) is 0 Å². The predicted molar refractivity (Wildman–Crippen MR) is 75.1 cm³/mol. The predicted octanol–water partition coefficient (Wildman–Crippen LogP) is 3.46. The summed E-state index contributed by atoms with van der Waals surface area (Å²) in [4.78, 5) is 1.28. The molecule has 0 aliphatic carbocycles. The summed E-state index contributed by atoms with van der Waals surface area (Å²) in [5, 5.41) is 9.62. The molecule has 4 heteroatoms. The molecule has 1 aliphatic rings. The molecule has 2 aromatic carbocycles. The largest absolute Gasteiger partial charge is 0.297 e. The third kappa shape index (κ3) is 1.76. The van der Waals surface area contributed by atoms with Gasteiger partial charge in [-0.25, -0.2) is 0 Å². The van der Waals surface area contributed by atoms with E-state index in [1.807, 2.05) is 18.2 Å². The van der Waals surface area contributed by atoms with Crippen LogP contribution in [0.3, 0.4) is 0 Å². The maximum Gasteiger partial charge on any atom is 0.196 e. The lowest BCUT2D eigenvalue weighted by Crippen LogP contribution is -2.08. The van der Waals surface area contributed by atoms with Crippen LogP contribution in [0, 0.1) is 0 Å². The van der Waals surface area contributed by atoms with Crippen LogP contribution in [0.1, 0.15) is 5.56 Å². The van der Waals surface area contributed by atoms with E-state index in [-0.39, 0.29) is 0 Å². The minimum Gasteiger partial charge on any atom is -0.297 e. The quantitative estimate of drug-likeness (QED) is 0.528. The maximum absolute atomic E-state index is 4.34. The lowest BCUT2D eigenvalue weighted by atomic mass is 10.2. The number of benzene rings is 2. The number of fused-ring (bicyclic) bond motifs is 2. The van der Waals surface area contributed by atoms with Crippen molar-refractivity contribution in [2.75, 3.05) is 0 Å². The van der Waals surface area contributed by atoms with Crippen molar-refractivity contribution in [1.29, 1.82) is 0 Å². The zero-order valence-electron chi connectivity index (χ0n) is 10.2. The van der Waals surface area contributed by atoms with Crippen molar-refractivity contribution in [1.82, 2.24) is 14.8 Å². The van der Waals surface area contributed by atoms with E-state index in [0.717, 1.165) is 23.1 Å². The van der Waals surface area contributed by atoms with Crippen molar-refractivity contribution in [2.24, 2.45) is 0 Å². The molecule has 3 aromatic rings. The second kappa shape index (κ2) is 4.24. The SMILES string of the molecule is c1ccc(-c2nnc3n2Cc2ccccc2S3)cc1. The van der Waals surface area contributed by atoms with Crippen molar-refractivity contribution in [3.8, 4) is 11.4 Å². The minimum absolute atomic E-state index is 0.843. The Bertz CT molecular complexity index is 734. The molecule has 3 nitrogen and oxygen atoms in total. The van der Waals surface area contributed by atoms with Gasteiger partial charge in [0.25, 0.3) is 0 Å². The van der Waals surface area contributed by atoms with E-state index < -0.39 is 0 Å². The Morgan fingerprint density at radius 1 is 0.895 bits per heavy atom. The second-order valence-electron chi connectivity index (χ2n) is 4.47. The first kappa shape index (κ1) is 10.8. The van der Waals surface area contributed by atoms with Gasteiger partial charge in [-0.3, -0.25) is 4.57 Å². The average molecular weight is 265 g/mol. The number of rotatable bonds is 1. The third-order valence-corrected chi connectivity index (χ3v) is 4.35. The van der Waals surface area contributed by atoms with E-state index >= 15 is 0 Å². The maximum atomic E-state index is 4.34. The highest BCUT2D eigenvalue weighted by Gasteiger charge is 2.21. The first-order valence-electron chi connectivity index (χ1n) is 6.16. The highest BCUT2D eigenvalue weighted by Crippen LogP contribution is 2.36. The lowest BCUT2D eigenvalue weighted by Gasteiger charge is -2.17. The summed E-state index contributed by atoms with van der Waals surface area (Å²) in [6, 6.07) is 18.7. The minimum atomic E-state index is 0.843. The van der Waals surface area contributed by atoms with Crippen LogP contribution in [0.15, 0.2) is 64.6 Å². The van der Waals surface area contributed by atoms with Gasteiger partial charge in [-0.2, -0.15) is 0 Å². The van der Waals surface area contributed by atoms with Crippen LogP contribution >= 0.6 is 11.8 Å². The third-order valence-electron chi connectivity index (χ3n) is 3.25. The summed E-state index contributed by atoms with van der Waals surface area (Å²) >= 11 is 1.69. The molecule has 1 aliphatic heterocycles. The average Bonchev–Trinajstić information content (AvgIpc) is 2.88. The number of aromatic nitrogens is 3. The molecule has 0 spiro atoms. The molecule has 19 heavy (non-hydrogen) atoms. The standard InChI is InChI=1S/C15H11N3S/c1-2-6-11(7-3-1)14-16-17-15-18(14)10-12-8-4-5-9-13(12)19-15/h1-9H,10H2. The zero-order chi connectivity index (χ0) is 12.7. The van der Waals surface area contributed by atoms with Gasteiger partial charge in [0.15, 0.2) is 11.0 Å². The van der Waals surface area contributed by atoms with Crippen LogP contribution in [0.25, 0.3) is 11.4 Å². The van der Waals surface area contributed by atoms with Crippen LogP contribution in [-0.4, -0.2) is 14.8 Å². The van der Waals surface area contributed by atoms with Crippen molar-refractivity contribution in [3.63, 3.8) is 0 Å². The molecule has 0 saturated carbocycles. The van der Waals surface area contributed by atoms with Crippen molar-refractivity contribution in [3.05, 3.63) is 60.2 Å². The Labute approximate surface area is 115 Å². The number of nitrogens with zero attached hydrogens (tertiary/aromatic N) is 3. The van der Waals surface area contributed by atoms with Crippen LogP contribution in [-0.2, 0) is 6.54 Å². The van der Waals surface area contributed by atoms with Crippen molar-refractivity contribution < 1.29 is 0 Å². The molecule has 0 radical (unpaired) electrons. The molecule has 4 rings (SSSR count). The highest BCUT2D eigenvalue weighted by atomic mass is 32.2. The molecule has 1 aromatic heterocycles. The Morgan fingerprint density at radius 2 is 1.68 bits per heavy atom. The Kier molecular flexibility index (Phi) is 2.42. The fourth-order valence-electron chi connectivity index (χ4n) is 2.31. The zero-order valence-corrected chi connectivity index (χ0v) is 11.0. The molecule has 0 saturated heterocycles. The molecule has 0 N–H and O–H groups in total. The van der Waals surface area contributed by atoms with E-state index in [1.54, 1.807) is 11.8 Å². The van der Waals surface area contributed by atoms with Crippen molar-refractivity contribution in [2.45, 2.75) is 16.6 Å². The number of hydrogen-bond donors (Lipinski definition) is 0. The van der Waals surface area contributed by atoms with E-state index in [2.05, 4.69) is 51.2 Å². The monoisotopic (exact) mass is 265 g/mol. The van der Waals surface area contributed by atoms with E-state index in [4.69, 9.17) is 0 Å². The summed E-state index contributed by atoms with van der Waals surface area (Å²) in [7, 11) is 0. The fraction of sp³-hybridized carbons (Fsp3) is 0.0667. The molecule has 0 unspecified atom stereocenters. The molecule has 0 fully saturated rings. The van der Waals surface area contributed by atoms with Gasteiger partial charge in [-0.15, -0.1) is 10.2 Å². The molecule has 0 bridgehead atoms. The summed E-state index contributed by atoms with van der Waals surface area (Å²) < 4.78 is 2.18. The summed E-state index contributed by atoms with van der Waals surface area (Å²) in [6.45, 7) is 0.843. The van der Waals surface area contributed by atoms with E-state index in [1.165, 1.54) is 10.5 Å². The van der Waals surface area contributed by atoms with Gasteiger partial charge in [-0.05, 0) is 23.4 Å². The molecule has 2 heterocycles. The Hall–Kier alpha value is -2.07. The summed E-state index contributed by atoms with van der Waals surface area (Å²) in [5.74, 6) is 0.942. The van der Waals surface area contributed by atoms with Crippen LogP contribution in [0.5, 0.6) is 0 Å². The smallest absolute Gasteiger partial charge is 0.196 e. The molecule has 0 atom stereocenters. The van der Waals surface area contributed by atoms with Gasteiger partial charge < -0.3 is 0 Å². The molecule has 0 amide bonds. The normalized spacial score (nSPS) is 12.8. The van der Waals surface area contributed by atoms with Gasteiger partial charge in [0.05, 0.1) is 6.54 Å². The van der Waals surface area contributed by atoms with E-state index in [0.29, 0.717) is 0 Å². The van der Waals surface area contributed by atoms with Gasteiger partial charge >= 0.3 is 0 Å². The number of hydrogen-bond acceptors (Lipinski definition) is 3. The summed E-state index contributed by atoms with van der Waals surface area (Å²) in [5.41, 5.74) is 2.44. The highest BCUT2D eigenvalue weighted by molar-refractivity contribution is 7.99. The summed E-state index contributed by atoms with van der Waals surface area (Å²) in [6.07, 6.45) is 0. The molecule has 92 valence electrons. The van der Waals surface area contributed by atoms with Gasteiger partial charge in [-0.1, -0.05) is 48.5 Å². The first-order chi connectivity index (χ1) is 9.42. The molecular formula is C15H11N3S. The Morgan fingerprint density at radius 3 is 2.58 bits per heavy atom. The van der Waals surface area contributed by atoms with Crippen LogP contribution < -0.4 is 0 Å². The second-order valence-corrected chi connectivity index (χ2v) is 5.48. The first-order valence-corrected chi connectivity index (χ1v) is 6.98. The Balaban J connectivity index is 1.83. The van der Waals surface area contributed by atoms with Gasteiger partial charge in [0, 0.05) is 10.5 Å². The lowest BCUT2D eigenvalue weighted by molar-refractivity contribution is 0.692. The van der Waals surface area contributed by atoms with E-state index in [9.17, 15) is 0 Å². The van der Waals surface area contributed by atoms with Crippen LogP contribution in [0.2, 0.25) is 0 Å². The van der Waals surface area contributed by atoms with Crippen molar-refractivity contribution >= 4 is 11.8 Å².